The van der Waals surface area contributed by atoms with Crippen molar-refractivity contribution in [2.45, 2.75) is 19.8 Å². The Labute approximate surface area is 157 Å². The van der Waals surface area contributed by atoms with Gasteiger partial charge >= 0.3 is 5.69 Å². The van der Waals surface area contributed by atoms with Crippen molar-refractivity contribution in [1.29, 1.82) is 10.5 Å². The van der Waals surface area contributed by atoms with Crippen molar-refractivity contribution in [2.75, 3.05) is 29.4 Å². The summed E-state index contributed by atoms with van der Waals surface area (Å²) in [5.41, 5.74) is 0.535. The van der Waals surface area contributed by atoms with Gasteiger partial charge in [-0.15, -0.1) is 0 Å². The van der Waals surface area contributed by atoms with Gasteiger partial charge < -0.3 is 9.80 Å². The zero-order valence-electron chi connectivity index (χ0n) is 14.9. The van der Waals surface area contributed by atoms with E-state index in [2.05, 4.69) is 9.97 Å². The number of nitrogens with zero attached hydrogens (tertiary/aromatic N) is 7. The first-order valence-corrected chi connectivity index (χ1v) is 8.44. The molecule has 1 aromatic carbocycles. The van der Waals surface area contributed by atoms with E-state index < -0.39 is 4.92 Å². The minimum Gasteiger partial charge on any atom is -0.349 e. The average molecular weight is 365 g/mol. The molecule has 0 aliphatic heterocycles. The fraction of sp³-hybridized carbons (Fsp3) is 0.333. The predicted octanol–water partition coefficient (Wildman–Crippen LogP) is 3.18. The summed E-state index contributed by atoms with van der Waals surface area (Å²) < 4.78 is 0. The van der Waals surface area contributed by atoms with Gasteiger partial charge in [0.1, 0.15) is 6.33 Å². The number of aromatic nitrogens is 2. The largest absolute Gasteiger partial charge is 0.353 e. The van der Waals surface area contributed by atoms with Gasteiger partial charge in [-0.05, 0) is 19.1 Å². The van der Waals surface area contributed by atoms with Crippen LogP contribution in [0.4, 0.5) is 23.0 Å². The van der Waals surface area contributed by atoms with Crippen molar-refractivity contribution in [3.63, 3.8) is 0 Å². The Hall–Kier alpha value is -3.72. The molecule has 0 saturated carbocycles. The summed E-state index contributed by atoms with van der Waals surface area (Å²) in [6, 6.07) is 13.3. The number of rotatable bonds is 9. The minimum absolute atomic E-state index is 0.116. The maximum absolute atomic E-state index is 11.9. The minimum atomic E-state index is -0.512. The van der Waals surface area contributed by atoms with Crippen molar-refractivity contribution in [1.82, 2.24) is 9.97 Å². The Balaban J connectivity index is 2.57. The zero-order chi connectivity index (χ0) is 19.6. The Kier molecular flexibility index (Phi) is 7.03. The average Bonchev–Trinajstić information content (AvgIpc) is 2.69. The lowest BCUT2D eigenvalue weighted by Crippen LogP contribution is -2.28. The van der Waals surface area contributed by atoms with E-state index in [4.69, 9.17) is 10.5 Å². The second-order valence-electron chi connectivity index (χ2n) is 5.51. The topological polar surface area (TPSA) is 123 Å². The second kappa shape index (κ2) is 9.68. The molecule has 0 atom stereocenters. The van der Waals surface area contributed by atoms with Gasteiger partial charge in [-0.3, -0.25) is 10.1 Å². The molecular weight excluding hydrogens is 346 g/mol. The highest BCUT2D eigenvalue weighted by Crippen LogP contribution is 2.37. The van der Waals surface area contributed by atoms with E-state index in [9.17, 15) is 10.1 Å². The highest BCUT2D eigenvalue weighted by molar-refractivity contribution is 5.76. The van der Waals surface area contributed by atoms with Gasteiger partial charge in [-0.25, -0.2) is 9.97 Å². The molecule has 1 aromatic heterocycles. The van der Waals surface area contributed by atoms with Gasteiger partial charge in [0.2, 0.25) is 11.6 Å². The number of benzene rings is 1. The zero-order valence-corrected chi connectivity index (χ0v) is 14.9. The van der Waals surface area contributed by atoms with E-state index in [-0.39, 0.29) is 43.3 Å². The molecule has 0 bridgehead atoms. The van der Waals surface area contributed by atoms with Crippen LogP contribution in [0.1, 0.15) is 19.8 Å². The number of para-hydroxylation sites is 1. The summed E-state index contributed by atoms with van der Waals surface area (Å²) in [5.74, 6) is 0.294. The van der Waals surface area contributed by atoms with Crippen LogP contribution >= 0.6 is 0 Å². The summed E-state index contributed by atoms with van der Waals surface area (Å²) in [6.45, 7) is 2.83. The molecule has 27 heavy (non-hydrogen) atoms. The monoisotopic (exact) mass is 365 g/mol. The molecule has 0 amide bonds. The molecule has 0 radical (unpaired) electrons. The number of hydrogen-bond donors (Lipinski definition) is 0. The van der Waals surface area contributed by atoms with E-state index in [1.54, 1.807) is 9.80 Å². The maximum Gasteiger partial charge on any atom is 0.353 e. The fourth-order valence-electron chi connectivity index (χ4n) is 2.71. The molecule has 0 N–H and O–H groups in total. The van der Waals surface area contributed by atoms with E-state index in [0.29, 0.717) is 6.54 Å². The highest BCUT2D eigenvalue weighted by atomic mass is 16.6. The third kappa shape index (κ3) is 4.67. The Bertz CT molecular complexity index is 840. The third-order valence-corrected chi connectivity index (χ3v) is 3.89. The van der Waals surface area contributed by atoms with Crippen molar-refractivity contribution in [3.8, 4) is 12.1 Å². The van der Waals surface area contributed by atoms with Crippen LogP contribution in [0.3, 0.4) is 0 Å². The maximum atomic E-state index is 11.9. The Morgan fingerprint density at radius 1 is 1.07 bits per heavy atom. The standard InChI is InChI=1S/C18H19N7O2/c1-2-24(15-8-4-3-5-9-15)18-16(25(26)27)17(21-14-22-18)23(12-6-10-19)13-7-11-20/h3-5,8-9,14H,2,6-7,12-13H2,1H3. The second-order valence-corrected chi connectivity index (χ2v) is 5.51. The number of nitriles is 2. The molecule has 2 aromatic rings. The third-order valence-electron chi connectivity index (χ3n) is 3.89. The molecular formula is C18H19N7O2. The smallest absolute Gasteiger partial charge is 0.349 e. The van der Waals surface area contributed by atoms with Crippen LogP contribution in [0.15, 0.2) is 36.7 Å². The summed E-state index contributed by atoms with van der Waals surface area (Å²) in [5, 5.41) is 29.6. The molecule has 0 aliphatic rings. The van der Waals surface area contributed by atoms with E-state index >= 15 is 0 Å². The van der Waals surface area contributed by atoms with Gasteiger partial charge in [0.15, 0.2) is 0 Å². The van der Waals surface area contributed by atoms with Crippen molar-refractivity contribution >= 4 is 23.0 Å². The first kappa shape index (κ1) is 19.6. The van der Waals surface area contributed by atoms with Gasteiger partial charge in [0.25, 0.3) is 0 Å². The molecule has 2 rings (SSSR count). The number of hydrogen-bond acceptors (Lipinski definition) is 8. The normalized spacial score (nSPS) is 9.89. The van der Waals surface area contributed by atoms with E-state index in [1.165, 1.54) is 6.33 Å². The molecule has 9 nitrogen and oxygen atoms in total. The molecule has 0 fully saturated rings. The first-order chi connectivity index (χ1) is 13.1. The van der Waals surface area contributed by atoms with Gasteiger partial charge in [-0.2, -0.15) is 10.5 Å². The van der Waals surface area contributed by atoms with Crippen LogP contribution in [0, 0.1) is 32.8 Å². The van der Waals surface area contributed by atoms with Crippen molar-refractivity contribution < 1.29 is 4.92 Å². The molecule has 0 spiro atoms. The summed E-state index contributed by atoms with van der Waals surface area (Å²) in [4.78, 5) is 23.0. The summed E-state index contributed by atoms with van der Waals surface area (Å²) in [7, 11) is 0. The van der Waals surface area contributed by atoms with Crippen LogP contribution in [-0.2, 0) is 0 Å². The SMILES string of the molecule is CCN(c1ccccc1)c1ncnc(N(CCC#N)CCC#N)c1[N+](=O)[O-]. The van der Waals surface area contributed by atoms with Crippen LogP contribution in [-0.4, -0.2) is 34.5 Å². The van der Waals surface area contributed by atoms with Crippen molar-refractivity contribution in [3.05, 3.63) is 46.8 Å². The summed E-state index contributed by atoms with van der Waals surface area (Å²) >= 11 is 0. The lowest BCUT2D eigenvalue weighted by Gasteiger charge is -2.25. The molecule has 0 unspecified atom stereocenters. The van der Waals surface area contributed by atoms with E-state index in [1.807, 2.05) is 49.4 Å². The Morgan fingerprint density at radius 3 is 2.19 bits per heavy atom. The molecule has 9 heteroatoms. The van der Waals surface area contributed by atoms with Gasteiger partial charge in [0.05, 0.1) is 29.9 Å². The molecule has 0 aliphatic carbocycles. The molecule has 138 valence electrons. The number of anilines is 3. The summed E-state index contributed by atoms with van der Waals surface area (Å²) in [6.07, 6.45) is 1.60. The van der Waals surface area contributed by atoms with E-state index in [0.717, 1.165) is 5.69 Å². The van der Waals surface area contributed by atoms with Crippen molar-refractivity contribution in [2.24, 2.45) is 0 Å². The van der Waals surface area contributed by atoms with Crippen LogP contribution < -0.4 is 9.80 Å². The Morgan fingerprint density at radius 2 is 1.67 bits per heavy atom. The fourth-order valence-corrected chi connectivity index (χ4v) is 2.71. The lowest BCUT2D eigenvalue weighted by molar-refractivity contribution is -0.383. The quantitative estimate of drug-likeness (QED) is 0.490. The molecule has 1 heterocycles. The van der Waals surface area contributed by atoms with Crippen LogP contribution in [0.2, 0.25) is 0 Å². The van der Waals surface area contributed by atoms with Crippen LogP contribution in [0.5, 0.6) is 0 Å². The first-order valence-electron chi connectivity index (χ1n) is 8.44. The lowest BCUT2D eigenvalue weighted by atomic mass is 10.2. The highest BCUT2D eigenvalue weighted by Gasteiger charge is 2.30. The predicted molar refractivity (Wildman–Crippen MR) is 100 cm³/mol. The number of nitro groups is 1. The van der Waals surface area contributed by atoms with Crippen LogP contribution in [0.25, 0.3) is 0 Å². The van der Waals surface area contributed by atoms with Gasteiger partial charge in [0, 0.05) is 25.3 Å². The van der Waals surface area contributed by atoms with Gasteiger partial charge in [-0.1, -0.05) is 18.2 Å². The molecule has 0 saturated heterocycles.